The van der Waals surface area contributed by atoms with Gasteiger partial charge in [-0.2, -0.15) is 0 Å². The van der Waals surface area contributed by atoms with Gasteiger partial charge in [0.2, 0.25) is 0 Å². The Hall–Kier alpha value is -7.50. The van der Waals surface area contributed by atoms with Gasteiger partial charge in [-0.3, -0.25) is 0 Å². The lowest BCUT2D eigenvalue weighted by Crippen LogP contribution is -2.01. The summed E-state index contributed by atoms with van der Waals surface area (Å²) in [5.74, 6) is 0.687. The highest BCUT2D eigenvalue weighted by Crippen LogP contribution is 2.48. The van der Waals surface area contributed by atoms with Crippen molar-refractivity contribution < 1.29 is 0 Å². The van der Waals surface area contributed by atoms with Crippen LogP contribution in [0, 0.1) is 0 Å². The van der Waals surface area contributed by atoms with Gasteiger partial charge in [-0.05, 0) is 57.1 Å². The lowest BCUT2D eigenvalue weighted by molar-refractivity contribution is 1.19. The van der Waals surface area contributed by atoms with E-state index in [1.165, 1.54) is 51.5 Å². The van der Waals surface area contributed by atoms with Crippen LogP contribution in [0.3, 0.4) is 0 Å². The van der Waals surface area contributed by atoms with Crippen LogP contribution in [-0.2, 0) is 0 Å². The zero-order valence-corrected chi connectivity index (χ0v) is 35.1. The summed E-state index contributed by atoms with van der Waals surface area (Å²) in [6.45, 7) is 0. The fourth-order valence-electron chi connectivity index (χ4n) is 9.04. The van der Waals surface area contributed by atoms with E-state index in [0.717, 1.165) is 61.5 Å². The average Bonchev–Trinajstić information content (AvgIpc) is 3.93. The molecule has 0 unspecified atom stereocenters. The van der Waals surface area contributed by atoms with E-state index in [2.05, 4.69) is 218 Å². The lowest BCUT2D eigenvalue weighted by Gasteiger charge is -2.21. The standard InChI is InChI=1S/C58H36N2S2/c1-4-16-37(17-5-1)38-30-32-41(33-31-38)54-42(39-18-6-2-7-19-39)34-35-43(40-20-8-3-9-21-40)55(54)58-59-50(48-26-14-24-46-44-22-10-12-28-52(44)61-56(46)48)36-51(60-58)49-27-15-25-47-45-23-11-13-29-53(45)62-57(47)49/h1-36H. The Labute approximate surface area is 367 Å². The third kappa shape index (κ3) is 6.23. The Morgan fingerprint density at radius 3 is 1.19 bits per heavy atom. The van der Waals surface area contributed by atoms with Gasteiger partial charge in [-0.25, -0.2) is 9.97 Å². The molecule has 0 aliphatic carbocycles. The molecule has 0 radical (unpaired) electrons. The van der Waals surface area contributed by atoms with Crippen molar-refractivity contribution in [3.63, 3.8) is 0 Å². The zero-order chi connectivity index (χ0) is 41.0. The molecule has 3 heterocycles. The van der Waals surface area contributed by atoms with E-state index in [1.54, 1.807) is 0 Å². The Kier molecular flexibility index (Phi) is 8.91. The molecule has 0 aliphatic heterocycles. The number of thiophene rings is 2. The van der Waals surface area contributed by atoms with Crippen LogP contribution in [0.5, 0.6) is 0 Å². The maximum atomic E-state index is 5.71. The molecule has 3 aromatic heterocycles. The van der Waals surface area contributed by atoms with Gasteiger partial charge in [0.25, 0.3) is 0 Å². The van der Waals surface area contributed by atoms with E-state index < -0.39 is 0 Å². The predicted octanol–water partition coefficient (Wildman–Crippen LogP) is 16.9. The van der Waals surface area contributed by atoms with Crippen LogP contribution in [-0.4, -0.2) is 9.97 Å². The van der Waals surface area contributed by atoms with Gasteiger partial charge in [-0.1, -0.05) is 200 Å². The summed E-state index contributed by atoms with van der Waals surface area (Å²) in [6.07, 6.45) is 0. The Morgan fingerprint density at radius 2 is 0.677 bits per heavy atom. The first-order valence-corrected chi connectivity index (χ1v) is 22.5. The van der Waals surface area contributed by atoms with Gasteiger partial charge < -0.3 is 0 Å². The SMILES string of the molecule is c1ccc(-c2ccc(-c3c(-c4ccccc4)ccc(-c4ccccc4)c3-c3nc(-c4cccc5c4sc4ccccc45)cc(-c4cccc5c4sc4ccccc45)n3)cc2)cc1. The van der Waals surface area contributed by atoms with Crippen molar-refractivity contribution >= 4 is 63.0 Å². The summed E-state index contributed by atoms with van der Waals surface area (Å²) < 4.78 is 4.98. The van der Waals surface area contributed by atoms with Crippen molar-refractivity contribution in [2.45, 2.75) is 0 Å². The minimum atomic E-state index is 0.687. The molecule has 0 aliphatic rings. The van der Waals surface area contributed by atoms with Crippen molar-refractivity contribution in [1.29, 1.82) is 0 Å². The number of benzene rings is 9. The first-order chi connectivity index (χ1) is 30.7. The Bertz CT molecular complexity index is 3480. The molecular weight excluding hydrogens is 789 g/mol. The summed E-state index contributed by atoms with van der Waals surface area (Å²) >= 11 is 3.67. The highest BCUT2D eigenvalue weighted by molar-refractivity contribution is 7.26. The molecule has 0 amide bonds. The number of fused-ring (bicyclic) bond motifs is 6. The molecule has 0 atom stereocenters. The van der Waals surface area contributed by atoms with Crippen molar-refractivity contribution in [3.8, 4) is 78.4 Å². The van der Waals surface area contributed by atoms with Gasteiger partial charge in [0.1, 0.15) is 0 Å². The number of hydrogen-bond donors (Lipinski definition) is 0. The highest BCUT2D eigenvalue weighted by atomic mass is 32.1. The summed E-state index contributed by atoms with van der Waals surface area (Å²) in [5, 5.41) is 5.02. The fourth-order valence-corrected chi connectivity index (χ4v) is 11.5. The van der Waals surface area contributed by atoms with Gasteiger partial charge >= 0.3 is 0 Å². The Balaban J connectivity index is 1.20. The van der Waals surface area contributed by atoms with Crippen LogP contribution in [0.1, 0.15) is 0 Å². The molecular formula is C58H36N2S2. The second-order valence-electron chi connectivity index (χ2n) is 15.6. The van der Waals surface area contributed by atoms with Gasteiger partial charge in [0.15, 0.2) is 5.82 Å². The van der Waals surface area contributed by atoms with E-state index in [9.17, 15) is 0 Å². The topological polar surface area (TPSA) is 25.8 Å². The van der Waals surface area contributed by atoms with Crippen LogP contribution in [0.15, 0.2) is 218 Å². The third-order valence-corrected chi connectivity index (χ3v) is 14.4. The van der Waals surface area contributed by atoms with Crippen LogP contribution >= 0.6 is 22.7 Å². The van der Waals surface area contributed by atoms with E-state index in [-0.39, 0.29) is 0 Å². The molecule has 0 spiro atoms. The van der Waals surface area contributed by atoms with E-state index >= 15 is 0 Å². The monoisotopic (exact) mass is 824 g/mol. The van der Waals surface area contributed by atoms with Crippen molar-refractivity contribution in [3.05, 3.63) is 218 Å². The molecule has 12 aromatic rings. The van der Waals surface area contributed by atoms with Crippen molar-refractivity contribution in [1.82, 2.24) is 9.97 Å². The van der Waals surface area contributed by atoms with E-state index in [4.69, 9.17) is 9.97 Å². The molecule has 0 bridgehead atoms. The number of aromatic nitrogens is 2. The molecule has 2 nitrogen and oxygen atoms in total. The second-order valence-corrected chi connectivity index (χ2v) is 17.7. The molecule has 4 heteroatoms. The zero-order valence-electron chi connectivity index (χ0n) is 33.5. The first kappa shape index (κ1) is 36.4. The van der Waals surface area contributed by atoms with E-state index in [0.29, 0.717) is 5.82 Å². The molecule has 0 N–H and O–H groups in total. The molecule has 9 aromatic carbocycles. The van der Waals surface area contributed by atoms with Crippen LogP contribution < -0.4 is 0 Å². The minimum absolute atomic E-state index is 0.687. The number of rotatable bonds is 7. The minimum Gasteiger partial charge on any atom is -0.228 e. The average molecular weight is 825 g/mol. The predicted molar refractivity (Wildman–Crippen MR) is 266 cm³/mol. The van der Waals surface area contributed by atoms with Gasteiger partial charge in [0.05, 0.1) is 11.4 Å². The van der Waals surface area contributed by atoms with E-state index in [1.807, 2.05) is 22.7 Å². The summed E-state index contributed by atoms with van der Waals surface area (Å²) in [5.41, 5.74) is 14.0. The molecule has 0 saturated heterocycles. The smallest absolute Gasteiger partial charge is 0.161 e. The lowest BCUT2D eigenvalue weighted by atomic mass is 9.84. The van der Waals surface area contributed by atoms with Crippen molar-refractivity contribution in [2.24, 2.45) is 0 Å². The summed E-state index contributed by atoms with van der Waals surface area (Å²) in [7, 11) is 0. The maximum absolute atomic E-state index is 5.71. The van der Waals surface area contributed by atoms with Crippen molar-refractivity contribution in [2.75, 3.05) is 0 Å². The first-order valence-electron chi connectivity index (χ1n) is 20.9. The highest BCUT2D eigenvalue weighted by Gasteiger charge is 2.24. The maximum Gasteiger partial charge on any atom is 0.161 e. The fraction of sp³-hybridized carbons (Fsp3) is 0. The normalized spacial score (nSPS) is 11.5. The number of nitrogens with zero attached hydrogens (tertiary/aromatic N) is 2. The Morgan fingerprint density at radius 1 is 0.274 bits per heavy atom. The molecule has 12 rings (SSSR count). The molecule has 290 valence electrons. The largest absolute Gasteiger partial charge is 0.228 e. The summed E-state index contributed by atoms with van der Waals surface area (Å²) in [4.78, 5) is 11.4. The molecule has 0 saturated carbocycles. The quantitative estimate of drug-likeness (QED) is 0.160. The van der Waals surface area contributed by atoms with Crippen LogP contribution in [0.2, 0.25) is 0 Å². The molecule has 0 fully saturated rings. The second kappa shape index (κ2) is 15.2. The van der Waals surface area contributed by atoms with Crippen LogP contribution in [0.4, 0.5) is 0 Å². The summed E-state index contributed by atoms with van der Waals surface area (Å²) in [6, 6.07) is 78.5. The third-order valence-electron chi connectivity index (χ3n) is 12.0. The van der Waals surface area contributed by atoms with Gasteiger partial charge in [-0.15, -0.1) is 22.7 Å². The van der Waals surface area contributed by atoms with Crippen LogP contribution in [0.25, 0.3) is 119 Å². The number of hydrogen-bond acceptors (Lipinski definition) is 4. The van der Waals surface area contributed by atoms with Gasteiger partial charge in [0, 0.05) is 62.6 Å². The molecule has 62 heavy (non-hydrogen) atoms.